The van der Waals surface area contributed by atoms with E-state index >= 15 is 0 Å². The van der Waals surface area contributed by atoms with Gasteiger partial charge in [-0.3, -0.25) is 4.99 Å². The molecule has 0 aliphatic heterocycles. The molecular weight excluding hydrogens is 361 g/mol. The van der Waals surface area contributed by atoms with Crippen LogP contribution in [0.2, 0.25) is 0 Å². The van der Waals surface area contributed by atoms with E-state index in [0.29, 0.717) is 0 Å². The van der Waals surface area contributed by atoms with Gasteiger partial charge in [0.1, 0.15) is 0 Å². The van der Waals surface area contributed by atoms with Gasteiger partial charge in [-0.2, -0.15) is 0 Å². The number of hydrogen-bond donors (Lipinski definition) is 2. The van der Waals surface area contributed by atoms with Crippen molar-refractivity contribution in [2.24, 2.45) is 10.9 Å². The van der Waals surface area contributed by atoms with Gasteiger partial charge in [-0.05, 0) is 37.3 Å². The van der Waals surface area contributed by atoms with Crippen LogP contribution in [0.25, 0.3) is 0 Å². The molecule has 1 unspecified atom stereocenters. The molecule has 3 nitrogen and oxygen atoms in total. The molecule has 0 aromatic heterocycles. The third-order valence-corrected chi connectivity index (χ3v) is 3.77. The Balaban J connectivity index is 0.00000200. The Morgan fingerprint density at radius 3 is 2.65 bits per heavy atom. The molecule has 1 aromatic carbocycles. The molecular formula is C16H26IN3. The van der Waals surface area contributed by atoms with Crippen LogP contribution in [0.15, 0.2) is 29.3 Å². The van der Waals surface area contributed by atoms with Crippen molar-refractivity contribution in [1.82, 2.24) is 10.6 Å². The molecule has 4 heteroatoms. The highest BCUT2D eigenvalue weighted by Gasteiger charge is 2.20. The lowest BCUT2D eigenvalue weighted by Gasteiger charge is -2.19. The average molecular weight is 387 g/mol. The highest BCUT2D eigenvalue weighted by molar-refractivity contribution is 14.0. The first-order valence-electron chi connectivity index (χ1n) is 7.23. The van der Waals surface area contributed by atoms with E-state index in [2.05, 4.69) is 53.7 Å². The lowest BCUT2D eigenvalue weighted by Crippen LogP contribution is -2.39. The minimum Gasteiger partial charge on any atom is -0.356 e. The second-order valence-electron chi connectivity index (χ2n) is 5.45. The number of halogens is 1. The predicted molar refractivity (Wildman–Crippen MR) is 96.8 cm³/mol. The Morgan fingerprint density at radius 2 is 2.05 bits per heavy atom. The van der Waals surface area contributed by atoms with E-state index in [-0.39, 0.29) is 30.0 Å². The number of benzene rings is 1. The summed E-state index contributed by atoms with van der Waals surface area (Å²) in [6, 6.07) is 8.76. The summed E-state index contributed by atoms with van der Waals surface area (Å²) in [4.78, 5) is 4.29. The third kappa shape index (κ3) is 5.31. The smallest absolute Gasteiger partial charge is 0.191 e. The fraction of sp³-hybridized carbons (Fsp3) is 0.562. The summed E-state index contributed by atoms with van der Waals surface area (Å²) in [7, 11) is 1.83. The molecule has 1 fully saturated rings. The van der Waals surface area contributed by atoms with Gasteiger partial charge in [-0.15, -0.1) is 24.0 Å². The predicted octanol–water partition coefficient (Wildman–Crippen LogP) is 3.64. The van der Waals surface area contributed by atoms with Crippen molar-refractivity contribution in [2.75, 3.05) is 13.6 Å². The summed E-state index contributed by atoms with van der Waals surface area (Å²) in [6.45, 7) is 5.34. The number of rotatable bonds is 5. The molecule has 0 spiro atoms. The van der Waals surface area contributed by atoms with Crippen LogP contribution in [0.3, 0.4) is 0 Å². The van der Waals surface area contributed by atoms with Gasteiger partial charge < -0.3 is 10.6 Å². The maximum absolute atomic E-state index is 4.29. The van der Waals surface area contributed by atoms with Crippen molar-refractivity contribution < 1.29 is 0 Å². The number of guanidine groups is 1. The van der Waals surface area contributed by atoms with Crippen LogP contribution < -0.4 is 10.6 Å². The van der Waals surface area contributed by atoms with Crippen LogP contribution in [0.5, 0.6) is 0 Å². The minimum atomic E-state index is 0. The van der Waals surface area contributed by atoms with Gasteiger partial charge in [0.25, 0.3) is 0 Å². The Hall–Kier alpha value is -0.780. The van der Waals surface area contributed by atoms with Crippen molar-refractivity contribution in [3.8, 4) is 0 Å². The number of nitrogens with one attached hydrogen (secondary N) is 2. The fourth-order valence-electron chi connectivity index (χ4n) is 2.35. The van der Waals surface area contributed by atoms with Crippen molar-refractivity contribution >= 4 is 29.9 Å². The van der Waals surface area contributed by atoms with E-state index in [1.54, 1.807) is 0 Å². The lowest BCUT2D eigenvalue weighted by molar-refractivity contribution is 0.652. The highest BCUT2D eigenvalue weighted by Crippen LogP contribution is 2.31. The molecule has 1 aliphatic carbocycles. The molecule has 0 bridgehead atoms. The van der Waals surface area contributed by atoms with E-state index in [4.69, 9.17) is 0 Å². The number of nitrogens with zero attached hydrogens (tertiary/aromatic N) is 1. The third-order valence-electron chi connectivity index (χ3n) is 3.77. The summed E-state index contributed by atoms with van der Waals surface area (Å²) in [5, 5.41) is 6.86. The summed E-state index contributed by atoms with van der Waals surface area (Å²) in [5.41, 5.74) is 2.64. The highest BCUT2D eigenvalue weighted by atomic mass is 127. The molecule has 1 aromatic rings. The monoisotopic (exact) mass is 387 g/mol. The second kappa shape index (κ2) is 8.49. The molecule has 0 radical (unpaired) electrons. The molecule has 0 amide bonds. The van der Waals surface area contributed by atoms with Gasteiger partial charge >= 0.3 is 0 Å². The van der Waals surface area contributed by atoms with Gasteiger partial charge in [0.2, 0.25) is 0 Å². The van der Waals surface area contributed by atoms with Crippen LogP contribution >= 0.6 is 24.0 Å². The number of aryl methyl sites for hydroxylation is 1. The minimum absolute atomic E-state index is 0. The van der Waals surface area contributed by atoms with E-state index in [1.807, 2.05) is 7.05 Å². The maximum atomic E-state index is 4.29. The van der Waals surface area contributed by atoms with Crippen molar-refractivity contribution in [1.29, 1.82) is 0 Å². The zero-order chi connectivity index (χ0) is 13.7. The Labute approximate surface area is 139 Å². The summed E-state index contributed by atoms with van der Waals surface area (Å²) in [5.74, 6) is 1.86. The summed E-state index contributed by atoms with van der Waals surface area (Å²) in [6.07, 6.45) is 4.08. The maximum Gasteiger partial charge on any atom is 0.191 e. The van der Waals surface area contributed by atoms with Gasteiger partial charge in [-0.1, -0.05) is 37.1 Å². The summed E-state index contributed by atoms with van der Waals surface area (Å²) < 4.78 is 0. The van der Waals surface area contributed by atoms with Crippen molar-refractivity contribution in [3.05, 3.63) is 35.4 Å². The van der Waals surface area contributed by atoms with Crippen LogP contribution in [0.4, 0.5) is 0 Å². The molecule has 2 N–H and O–H groups in total. The van der Waals surface area contributed by atoms with E-state index in [1.165, 1.54) is 30.4 Å². The van der Waals surface area contributed by atoms with Crippen molar-refractivity contribution in [2.45, 2.75) is 39.2 Å². The molecule has 1 aliphatic rings. The number of hydrogen-bond acceptors (Lipinski definition) is 1. The molecule has 20 heavy (non-hydrogen) atoms. The van der Waals surface area contributed by atoms with Crippen LogP contribution in [-0.4, -0.2) is 19.6 Å². The Kier molecular flexibility index (Phi) is 7.34. The molecule has 1 saturated carbocycles. The first-order valence-corrected chi connectivity index (χ1v) is 7.23. The zero-order valence-corrected chi connectivity index (χ0v) is 15.0. The zero-order valence-electron chi connectivity index (χ0n) is 12.6. The van der Waals surface area contributed by atoms with Gasteiger partial charge in [0.15, 0.2) is 5.96 Å². The quantitative estimate of drug-likeness (QED) is 0.460. The topological polar surface area (TPSA) is 36.4 Å². The SMILES string of the molecule is CN=C(NCCC1CC1)NC(C)c1ccccc1C.I. The number of aliphatic imine (C=N–C) groups is 1. The van der Waals surface area contributed by atoms with E-state index in [9.17, 15) is 0 Å². The lowest BCUT2D eigenvalue weighted by atomic mass is 10.0. The molecule has 112 valence electrons. The average Bonchev–Trinajstić information content (AvgIpc) is 3.22. The standard InChI is InChI=1S/C16H25N3.HI/c1-12-6-4-5-7-15(12)13(2)19-16(17-3)18-11-10-14-8-9-14;/h4-7,13-14H,8-11H2,1-3H3,(H2,17,18,19);1H. The van der Waals surface area contributed by atoms with Crippen molar-refractivity contribution in [3.63, 3.8) is 0 Å². The molecule has 1 atom stereocenters. The van der Waals surface area contributed by atoms with Gasteiger partial charge in [0, 0.05) is 13.6 Å². The fourth-order valence-corrected chi connectivity index (χ4v) is 2.35. The first-order chi connectivity index (χ1) is 9.20. The van der Waals surface area contributed by atoms with E-state index < -0.39 is 0 Å². The summed E-state index contributed by atoms with van der Waals surface area (Å²) >= 11 is 0. The van der Waals surface area contributed by atoms with Crippen LogP contribution in [0, 0.1) is 12.8 Å². The first kappa shape index (κ1) is 17.3. The molecule has 2 rings (SSSR count). The normalized spacial score (nSPS) is 16.2. The molecule has 0 heterocycles. The Bertz CT molecular complexity index is 441. The van der Waals surface area contributed by atoms with Gasteiger partial charge in [0.05, 0.1) is 6.04 Å². The van der Waals surface area contributed by atoms with E-state index in [0.717, 1.165) is 18.4 Å². The van der Waals surface area contributed by atoms with Gasteiger partial charge in [-0.25, -0.2) is 0 Å². The van der Waals surface area contributed by atoms with Crippen LogP contribution in [-0.2, 0) is 0 Å². The van der Waals surface area contributed by atoms with Crippen LogP contribution in [0.1, 0.15) is 43.4 Å². The second-order valence-corrected chi connectivity index (χ2v) is 5.45. The largest absolute Gasteiger partial charge is 0.356 e. The molecule has 0 saturated heterocycles. The Morgan fingerprint density at radius 1 is 1.35 bits per heavy atom.